The highest BCUT2D eigenvalue weighted by atomic mass is 35.5. The number of primary amides is 1. The van der Waals surface area contributed by atoms with Crippen LogP contribution in [-0.4, -0.2) is 24.9 Å². The SMILES string of the molecule is Cl.NC[C@H]1CCC[C@H]1C(=O)NCC1(C(N)=O)CCCC1. The maximum Gasteiger partial charge on any atom is 0.225 e. The molecular formula is C14H26ClN3O2. The van der Waals surface area contributed by atoms with E-state index in [-0.39, 0.29) is 30.1 Å². The van der Waals surface area contributed by atoms with Crippen molar-refractivity contribution in [3.05, 3.63) is 0 Å². The first-order valence-corrected chi connectivity index (χ1v) is 7.37. The minimum Gasteiger partial charge on any atom is -0.369 e. The highest BCUT2D eigenvalue weighted by Crippen LogP contribution is 2.37. The Bertz CT molecular complexity index is 356. The Hall–Kier alpha value is -0.810. The van der Waals surface area contributed by atoms with E-state index >= 15 is 0 Å². The van der Waals surface area contributed by atoms with Gasteiger partial charge < -0.3 is 16.8 Å². The molecule has 2 atom stereocenters. The number of carbonyl (C=O) groups is 2. The van der Waals surface area contributed by atoms with E-state index in [1.165, 1.54) is 0 Å². The number of nitrogens with two attached hydrogens (primary N) is 2. The molecule has 0 unspecified atom stereocenters. The number of hydrogen-bond donors (Lipinski definition) is 3. The van der Waals surface area contributed by atoms with Crippen LogP contribution in [0.5, 0.6) is 0 Å². The summed E-state index contributed by atoms with van der Waals surface area (Å²) in [5, 5.41) is 2.96. The van der Waals surface area contributed by atoms with E-state index in [0.29, 0.717) is 19.0 Å². The lowest BCUT2D eigenvalue weighted by Crippen LogP contribution is -2.46. The van der Waals surface area contributed by atoms with Crippen LogP contribution in [0.2, 0.25) is 0 Å². The minimum atomic E-state index is -0.507. The van der Waals surface area contributed by atoms with Crippen LogP contribution >= 0.6 is 12.4 Å². The van der Waals surface area contributed by atoms with Gasteiger partial charge in [-0.15, -0.1) is 12.4 Å². The molecule has 2 fully saturated rings. The second-order valence-electron chi connectivity index (χ2n) is 6.10. The Morgan fingerprint density at radius 3 is 2.35 bits per heavy atom. The van der Waals surface area contributed by atoms with E-state index in [1.54, 1.807) is 0 Å². The molecule has 2 aliphatic carbocycles. The Kier molecular flexibility index (Phi) is 6.27. The van der Waals surface area contributed by atoms with Gasteiger partial charge in [0.25, 0.3) is 0 Å². The van der Waals surface area contributed by atoms with Gasteiger partial charge >= 0.3 is 0 Å². The van der Waals surface area contributed by atoms with Crippen molar-refractivity contribution in [2.45, 2.75) is 44.9 Å². The Labute approximate surface area is 126 Å². The van der Waals surface area contributed by atoms with Gasteiger partial charge in [-0.05, 0) is 38.1 Å². The van der Waals surface area contributed by atoms with Crippen molar-refractivity contribution >= 4 is 24.2 Å². The summed E-state index contributed by atoms with van der Waals surface area (Å²) in [4.78, 5) is 23.8. The topological polar surface area (TPSA) is 98.2 Å². The monoisotopic (exact) mass is 303 g/mol. The highest BCUT2D eigenvalue weighted by molar-refractivity contribution is 5.85. The summed E-state index contributed by atoms with van der Waals surface area (Å²) >= 11 is 0. The van der Waals surface area contributed by atoms with E-state index in [4.69, 9.17) is 11.5 Å². The summed E-state index contributed by atoms with van der Waals surface area (Å²) in [6, 6.07) is 0. The second kappa shape index (κ2) is 7.27. The van der Waals surface area contributed by atoms with Gasteiger partial charge in [0.2, 0.25) is 11.8 Å². The van der Waals surface area contributed by atoms with E-state index in [0.717, 1.165) is 44.9 Å². The molecule has 6 heteroatoms. The Morgan fingerprint density at radius 2 is 1.80 bits per heavy atom. The summed E-state index contributed by atoms with van der Waals surface area (Å²) in [5.74, 6) is 0.108. The van der Waals surface area contributed by atoms with E-state index in [2.05, 4.69) is 5.32 Å². The van der Waals surface area contributed by atoms with Gasteiger partial charge in [-0.25, -0.2) is 0 Å². The number of carbonyl (C=O) groups excluding carboxylic acids is 2. The standard InChI is InChI=1S/C14H25N3O2.ClH/c15-8-10-4-3-5-11(10)12(18)17-9-14(13(16)19)6-1-2-7-14;/h10-11H,1-9,15H2,(H2,16,19)(H,17,18);1H/t10-,11-;/m1./s1. The number of halogens is 1. The van der Waals surface area contributed by atoms with Crippen molar-refractivity contribution in [1.82, 2.24) is 5.32 Å². The number of nitrogens with one attached hydrogen (secondary N) is 1. The molecule has 0 saturated heterocycles. The summed E-state index contributed by atoms with van der Waals surface area (Å²) in [6.45, 7) is 0.966. The molecule has 0 heterocycles. The molecule has 2 rings (SSSR count). The zero-order valence-corrected chi connectivity index (χ0v) is 12.7. The summed E-state index contributed by atoms with van der Waals surface area (Å²) < 4.78 is 0. The predicted molar refractivity (Wildman–Crippen MR) is 80.2 cm³/mol. The smallest absolute Gasteiger partial charge is 0.225 e. The highest BCUT2D eigenvalue weighted by Gasteiger charge is 2.41. The average Bonchev–Trinajstić information content (AvgIpc) is 3.05. The zero-order chi connectivity index (χ0) is 13.9. The largest absolute Gasteiger partial charge is 0.369 e. The van der Waals surface area contributed by atoms with Gasteiger partial charge in [0.05, 0.1) is 5.41 Å². The van der Waals surface area contributed by atoms with Gasteiger partial charge in [0.15, 0.2) is 0 Å². The second-order valence-corrected chi connectivity index (χ2v) is 6.10. The van der Waals surface area contributed by atoms with Crippen LogP contribution in [0.3, 0.4) is 0 Å². The summed E-state index contributed by atoms with van der Waals surface area (Å²) in [5.41, 5.74) is 10.7. The van der Waals surface area contributed by atoms with Crippen molar-refractivity contribution in [3.63, 3.8) is 0 Å². The summed E-state index contributed by atoms with van der Waals surface area (Å²) in [6.07, 6.45) is 6.66. The minimum absolute atomic E-state index is 0. The van der Waals surface area contributed by atoms with Crippen LogP contribution in [0.1, 0.15) is 44.9 Å². The fraction of sp³-hybridized carbons (Fsp3) is 0.857. The molecule has 0 aromatic carbocycles. The molecule has 5 N–H and O–H groups in total. The van der Waals surface area contributed by atoms with Crippen molar-refractivity contribution < 1.29 is 9.59 Å². The van der Waals surface area contributed by atoms with E-state index in [1.807, 2.05) is 0 Å². The van der Waals surface area contributed by atoms with Crippen molar-refractivity contribution in [3.8, 4) is 0 Å². The normalized spacial score (nSPS) is 27.9. The zero-order valence-electron chi connectivity index (χ0n) is 11.9. The molecule has 0 bridgehead atoms. The van der Waals surface area contributed by atoms with Crippen LogP contribution in [0.4, 0.5) is 0 Å². The Morgan fingerprint density at radius 1 is 1.15 bits per heavy atom. The summed E-state index contributed by atoms with van der Waals surface area (Å²) in [7, 11) is 0. The maximum atomic E-state index is 12.2. The lowest BCUT2D eigenvalue weighted by Gasteiger charge is -2.27. The van der Waals surface area contributed by atoms with Gasteiger partial charge in [-0.1, -0.05) is 19.3 Å². The van der Waals surface area contributed by atoms with Crippen LogP contribution in [0.25, 0.3) is 0 Å². The van der Waals surface area contributed by atoms with Crippen LogP contribution < -0.4 is 16.8 Å². The molecular weight excluding hydrogens is 278 g/mol. The fourth-order valence-electron chi connectivity index (χ4n) is 3.61. The molecule has 0 aliphatic heterocycles. The lowest BCUT2D eigenvalue weighted by molar-refractivity contribution is -0.129. The number of hydrogen-bond acceptors (Lipinski definition) is 3. The van der Waals surface area contributed by atoms with E-state index < -0.39 is 5.41 Å². The van der Waals surface area contributed by atoms with Crippen LogP contribution in [0, 0.1) is 17.3 Å². The molecule has 0 aromatic rings. The first kappa shape index (κ1) is 17.2. The molecule has 116 valence electrons. The number of rotatable bonds is 5. The third-order valence-electron chi connectivity index (χ3n) is 4.98. The molecule has 0 spiro atoms. The van der Waals surface area contributed by atoms with Crippen LogP contribution in [-0.2, 0) is 9.59 Å². The van der Waals surface area contributed by atoms with Gasteiger partial charge in [0, 0.05) is 12.5 Å². The molecule has 2 amide bonds. The molecule has 20 heavy (non-hydrogen) atoms. The van der Waals surface area contributed by atoms with Crippen molar-refractivity contribution in [2.75, 3.05) is 13.1 Å². The van der Waals surface area contributed by atoms with Gasteiger partial charge in [-0.3, -0.25) is 9.59 Å². The Balaban J connectivity index is 0.00000200. The number of amides is 2. The van der Waals surface area contributed by atoms with E-state index in [9.17, 15) is 9.59 Å². The molecule has 0 aromatic heterocycles. The first-order valence-electron chi connectivity index (χ1n) is 7.37. The lowest BCUT2D eigenvalue weighted by atomic mass is 9.85. The molecule has 5 nitrogen and oxygen atoms in total. The third-order valence-corrected chi connectivity index (χ3v) is 4.98. The van der Waals surface area contributed by atoms with Crippen LogP contribution in [0.15, 0.2) is 0 Å². The first-order chi connectivity index (χ1) is 9.09. The molecule has 0 radical (unpaired) electrons. The molecule has 2 aliphatic rings. The van der Waals surface area contributed by atoms with Gasteiger partial charge in [0.1, 0.15) is 0 Å². The third kappa shape index (κ3) is 3.44. The maximum absolute atomic E-state index is 12.2. The van der Waals surface area contributed by atoms with Crippen molar-refractivity contribution in [1.29, 1.82) is 0 Å². The average molecular weight is 304 g/mol. The predicted octanol–water partition coefficient (Wildman–Crippen LogP) is 0.945. The quantitative estimate of drug-likeness (QED) is 0.705. The van der Waals surface area contributed by atoms with Gasteiger partial charge in [-0.2, -0.15) is 0 Å². The molecule has 2 saturated carbocycles. The fourth-order valence-corrected chi connectivity index (χ4v) is 3.61. The van der Waals surface area contributed by atoms with Crippen molar-refractivity contribution in [2.24, 2.45) is 28.7 Å².